The number of furan rings is 1. The highest BCUT2D eigenvalue weighted by molar-refractivity contribution is 5.92. The second kappa shape index (κ2) is 3.52. The second-order valence-corrected chi connectivity index (χ2v) is 3.54. The van der Waals surface area contributed by atoms with E-state index < -0.39 is 5.97 Å². The molecule has 0 unspecified atom stereocenters. The molecule has 84 valence electrons. The predicted octanol–water partition coefficient (Wildman–Crippen LogP) is 2.56. The molecule has 2 aromatic rings. The van der Waals surface area contributed by atoms with Crippen molar-refractivity contribution in [2.45, 2.75) is 20.8 Å². The standard InChI is InChI=1S/C11H11NO4/c1-5-4-8(6(2)15-5)9-10(11(13)14)16-7(3)12-9/h4H,1-3H3,(H,13,14). The Morgan fingerprint density at radius 2 is 2.00 bits per heavy atom. The highest BCUT2D eigenvalue weighted by atomic mass is 16.4. The minimum Gasteiger partial charge on any atom is -0.475 e. The lowest BCUT2D eigenvalue weighted by molar-refractivity contribution is 0.0662. The molecule has 2 rings (SSSR count). The van der Waals surface area contributed by atoms with Crippen LogP contribution in [0.3, 0.4) is 0 Å². The smallest absolute Gasteiger partial charge is 0.374 e. The molecule has 0 amide bonds. The molecule has 1 N–H and O–H groups in total. The topological polar surface area (TPSA) is 76.5 Å². The van der Waals surface area contributed by atoms with Crippen LogP contribution in [0.1, 0.15) is 28.0 Å². The van der Waals surface area contributed by atoms with E-state index in [-0.39, 0.29) is 5.76 Å². The van der Waals surface area contributed by atoms with Gasteiger partial charge in [-0.25, -0.2) is 9.78 Å². The van der Waals surface area contributed by atoms with Crippen molar-refractivity contribution in [3.05, 3.63) is 29.2 Å². The van der Waals surface area contributed by atoms with Crippen LogP contribution in [-0.4, -0.2) is 16.1 Å². The third-order valence-electron chi connectivity index (χ3n) is 2.22. The van der Waals surface area contributed by atoms with Crippen LogP contribution in [0.15, 0.2) is 14.9 Å². The molecule has 0 saturated heterocycles. The normalized spacial score (nSPS) is 10.7. The maximum atomic E-state index is 11.0. The molecular formula is C11H11NO4. The summed E-state index contributed by atoms with van der Waals surface area (Å²) in [6.45, 7) is 5.17. The number of nitrogens with zero attached hydrogens (tertiary/aromatic N) is 1. The summed E-state index contributed by atoms with van der Waals surface area (Å²) in [6, 6.07) is 1.75. The summed E-state index contributed by atoms with van der Waals surface area (Å²) in [4.78, 5) is 15.0. The Balaban J connectivity index is 2.63. The average molecular weight is 221 g/mol. The number of oxazole rings is 1. The molecule has 2 heterocycles. The summed E-state index contributed by atoms with van der Waals surface area (Å²) >= 11 is 0. The van der Waals surface area contributed by atoms with Gasteiger partial charge in [-0.05, 0) is 19.9 Å². The summed E-state index contributed by atoms with van der Waals surface area (Å²) in [5.74, 6) is 0.388. The number of rotatable bonds is 2. The second-order valence-electron chi connectivity index (χ2n) is 3.54. The number of aryl methyl sites for hydroxylation is 3. The van der Waals surface area contributed by atoms with Gasteiger partial charge in [0.1, 0.15) is 17.2 Å². The Labute approximate surface area is 91.7 Å². The zero-order chi connectivity index (χ0) is 11.9. The van der Waals surface area contributed by atoms with Gasteiger partial charge in [0, 0.05) is 12.5 Å². The van der Waals surface area contributed by atoms with Crippen LogP contribution in [0.2, 0.25) is 0 Å². The number of carboxylic acid groups (broad SMARTS) is 1. The van der Waals surface area contributed by atoms with E-state index in [0.717, 1.165) is 0 Å². The highest BCUT2D eigenvalue weighted by Gasteiger charge is 2.22. The van der Waals surface area contributed by atoms with E-state index in [1.807, 2.05) is 0 Å². The van der Waals surface area contributed by atoms with Gasteiger partial charge in [0.05, 0.1) is 0 Å². The van der Waals surface area contributed by atoms with E-state index in [1.54, 1.807) is 26.8 Å². The first-order valence-corrected chi connectivity index (χ1v) is 4.77. The molecule has 0 saturated carbocycles. The molecule has 0 aliphatic carbocycles. The van der Waals surface area contributed by atoms with Gasteiger partial charge in [0.25, 0.3) is 0 Å². The van der Waals surface area contributed by atoms with Crippen LogP contribution in [-0.2, 0) is 0 Å². The molecule has 0 aliphatic rings. The lowest BCUT2D eigenvalue weighted by Gasteiger charge is -1.93. The highest BCUT2D eigenvalue weighted by Crippen LogP contribution is 2.29. The number of hydrogen-bond acceptors (Lipinski definition) is 4. The van der Waals surface area contributed by atoms with Crippen molar-refractivity contribution >= 4 is 5.97 Å². The molecular weight excluding hydrogens is 210 g/mol. The van der Waals surface area contributed by atoms with Crippen molar-refractivity contribution in [3.8, 4) is 11.3 Å². The molecule has 5 heteroatoms. The molecule has 0 bridgehead atoms. The van der Waals surface area contributed by atoms with Gasteiger partial charge in [-0.15, -0.1) is 0 Å². The number of aromatic carboxylic acids is 1. The fraction of sp³-hybridized carbons (Fsp3) is 0.273. The lowest BCUT2D eigenvalue weighted by Crippen LogP contribution is -1.96. The van der Waals surface area contributed by atoms with Crippen LogP contribution < -0.4 is 0 Å². The fourth-order valence-electron chi connectivity index (χ4n) is 1.62. The molecule has 0 spiro atoms. The molecule has 16 heavy (non-hydrogen) atoms. The Morgan fingerprint density at radius 3 is 2.50 bits per heavy atom. The van der Waals surface area contributed by atoms with Gasteiger partial charge < -0.3 is 13.9 Å². The van der Waals surface area contributed by atoms with Crippen LogP contribution in [0, 0.1) is 20.8 Å². The number of hydrogen-bond donors (Lipinski definition) is 1. The zero-order valence-electron chi connectivity index (χ0n) is 9.20. The van der Waals surface area contributed by atoms with E-state index in [9.17, 15) is 4.79 Å². The summed E-state index contributed by atoms with van der Waals surface area (Å²) in [5, 5.41) is 8.97. The zero-order valence-corrected chi connectivity index (χ0v) is 9.20. The van der Waals surface area contributed by atoms with E-state index in [2.05, 4.69) is 4.98 Å². The Bertz CT molecular complexity index is 550. The number of carboxylic acids is 1. The van der Waals surface area contributed by atoms with E-state index in [4.69, 9.17) is 13.9 Å². The largest absolute Gasteiger partial charge is 0.475 e. The maximum absolute atomic E-state index is 11.0. The minimum atomic E-state index is -1.13. The lowest BCUT2D eigenvalue weighted by atomic mass is 10.1. The van der Waals surface area contributed by atoms with Gasteiger partial charge in [-0.1, -0.05) is 0 Å². The van der Waals surface area contributed by atoms with E-state index >= 15 is 0 Å². The predicted molar refractivity (Wildman–Crippen MR) is 55.4 cm³/mol. The summed E-state index contributed by atoms with van der Waals surface area (Å²) in [7, 11) is 0. The SMILES string of the molecule is Cc1cc(-c2nc(C)oc2C(=O)O)c(C)o1. The minimum absolute atomic E-state index is 0.151. The Morgan fingerprint density at radius 1 is 1.31 bits per heavy atom. The molecule has 5 nitrogen and oxygen atoms in total. The van der Waals surface area contributed by atoms with Gasteiger partial charge in [-0.2, -0.15) is 0 Å². The molecule has 2 aromatic heterocycles. The number of aromatic nitrogens is 1. The van der Waals surface area contributed by atoms with Crippen molar-refractivity contribution < 1.29 is 18.7 Å². The quantitative estimate of drug-likeness (QED) is 0.843. The van der Waals surface area contributed by atoms with Crippen molar-refractivity contribution in [2.24, 2.45) is 0 Å². The van der Waals surface area contributed by atoms with E-state index in [1.165, 1.54) is 0 Å². The molecule has 0 fully saturated rings. The van der Waals surface area contributed by atoms with Crippen LogP contribution in [0.4, 0.5) is 0 Å². The Kier molecular flexibility index (Phi) is 2.30. The van der Waals surface area contributed by atoms with Crippen molar-refractivity contribution in [1.82, 2.24) is 4.98 Å². The van der Waals surface area contributed by atoms with Gasteiger partial charge in [0.2, 0.25) is 5.76 Å². The fourth-order valence-corrected chi connectivity index (χ4v) is 1.62. The third-order valence-corrected chi connectivity index (χ3v) is 2.22. The van der Waals surface area contributed by atoms with Gasteiger partial charge >= 0.3 is 5.97 Å². The summed E-state index contributed by atoms with van der Waals surface area (Å²) in [6.07, 6.45) is 0. The first kappa shape index (κ1) is 10.5. The monoisotopic (exact) mass is 221 g/mol. The molecule has 0 aliphatic heterocycles. The third kappa shape index (κ3) is 1.60. The first-order valence-electron chi connectivity index (χ1n) is 4.77. The van der Waals surface area contributed by atoms with Crippen LogP contribution in [0.25, 0.3) is 11.3 Å². The van der Waals surface area contributed by atoms with Crippen molar-refractivity contribution in [3.63, 3.8) is 0 Å². The molecule has 0 radical (unpaired) electrons. The molecule has 0 atom stereocenters. The van der Waals surface area contributed by atoms with Crippen molar-refractivity contribution in [1.29, 1.82) is 0 Å². The van der Waals surface area contributed by atoms with Crippen LogP contribution >= 0.6 is 0 Å². The van der Waals surface area contributed by atoms with Crippen molar-refractivity contribution in [2.75, 3.05) is 0 Å². The first-order chi connectivity index (χ1) is 7.49. The Hall–Kier alpha value is -2.04. The average Bonchev–Trinajstić information content (AvgIpc) is 2.69. The number of carbonyl (C=O) groups is 1. The summed E-state index contributed by atoms with van der Waals surface area (Å²) in [5.41, 5.74) is 0.978. The van der Waals surface area contributed by atoms with Gasteiger partial charge in [-0.3, -0.25) is 0 Å². The van der Waals surface area contributed by atoms with Crippen LogP contribution in [0.5, 0.6) is 0 Å². The van der Waals surface area contributed by atoms with E-state index in [0.29, 0.717) is 28.7 Å². The van der Waals surface area contributed by atoms with Gasteiger partial charge in [0.15, 0.2) is 5.89 Å². The molecule has 0 aromatic carbocycles. The summed E-state index contributed by atoms with van der Waals surface area (Å²) < 4.78 is 10.4. The maximum Gasteiger partial charge on any atom is 0.374 e.